The highest BCUT2D eigenvalue weighted by Gasteiger charge is 2.37. The first-order valence-electron chi connectivity index (χ1n) is 8.50. The van der Waals surface area contributed by atoms with Gasteiger partial charge in [-0.25, -0.2) is 0 Å². The lowest BCUT2D eigenvalue weighted by atomic mass is 10.2. The zero-order valence-corrected chi connectivity index (χ0v) is 18.3. The van der Waals surface area contributed by atoms with Crippen molar-refractivity contribution in [1.29, 1.82) is 0 Å². The molecule has 130 valence electrons. The van der Waals surface area contributed by atoms with Gasteiger partial charge in [0.2, 0.25) is 0 Å². The van der Waals surface area contributed by atoms with Crippen molar-refractivity contribution in [1.82, 2.24) is 0 Å². The fourth-order valence-corrected chi connectivity index (χ4v) is 4.68. The van der Waals surface area contributed by atoms with Gasteiger partial charge >= 0.3 is 0 Å². The summed E-state index contributed by atoms with van der Waals surface area (Å²) in [6, 6.07) is 6.76. The highest BCUT2D eigenvalue weighted by Crippen LogP contribution is 2.37. The third-order valence-corrected chi connectivity index (χ3v) is 11.2. The molecular weight excluding hydrogens is 314 g/mol. The molecule has 0 amide bonds. The molecule has 0 aliphatic rings. The Morgan fingerprint density at radius 3 is 2.22 bits per heavy atom. The molecule has 0 saturated heterocycles. The van der Waals surface area contributed by atoms with E-state index in [1.807, 2.05) is 6.08 Å². The molecule has 0 aliphatic carbocycles. The van der Waals surface area contributed by atoms with Gasteiger partial charge in [0.1, 0.15) is 0 Å². The number of anilines is 1. The largest absolute Gasteiger partial charge is 0.413 e. The van der Waals surface area contributed by atoms with E-state index in [2.05, 4.69) is 83.6 Å². The molecule has 1 rings (SSSR count). The van der Waals surface area contributed by atoms with E-state index in [0.29, 0.717) is 0 Å². The zero-order valence-electron chi connectivity index (χ0n) is 16.3. The van der Waals surface area contributed by atoms with E-state index in [4.69, 9.17) is 4.43 Å². The van der Waals surface area contributed by atoms with Crippen LogP contribution in [0.15, 0.2) is 30.9 Å². The minimum atomic E-state index is -1.70. The van der Waals surface area contributed by atoms with E-state index in [1.54, 1.807) is 0 Å². The lowest BCUT2D eigenvalue weighted by molar-refractivity contribution is 0.276. The maximum absolute atomic E-state index is 6.39. The van der Waals surface area contributed by atoms with Crippen LogP contribution in [0.4, 0.5) is 5.69 Å². The second-order valence-corrected chi connectivity index (χ2v) is 18.7. The molecule has 0 saturated carbocycles. The summed E-state index contributed by atoms with van der Waals surface area (Å²) in [6.45, 7) is 24.0. The predicted octanol–water partition coefficient (Wildman–Crippen LogP) is 5.35. The summed E-state index contributed by atoms with van der Waals surface area (Å²) in [5, 5.41) is 5.20. The summed E-state index contributed by atoms with van der Waals surface area (Å²) in [5.41, 5.74) is 2.54. The molecule has 0 bridgehead atoms. The Balaban J connectivity index is 3.00. The van der Waals surface area contributed by atoms with Crippen LogP contribution in [0, 0.1) is 0 Å². The van der Waals surface area contributed by atoms with Crippen molar-refractivity contribution < 1.29 is 4.43 Å². The average Bonchev–Trinajstić information content (AvgIpc) is 2.41. The van der Waals surface area contributed by atoms with Gasteiger partial charge in [-0.1, -0.05) is 58.6 Å². The monoisotopic (exact) mass is 349 g/mol. The van der Waals surface area contributed by atoms with Crippen molar-refractivity contribution in [3.05, 3.63) is 36.4 Å². The Labute approximate surface area is 145 Å². The molecule has 0 fully saturated rings. The molecule has 0 aliphatic heterocycles. The summed E-state index contributed by atoms with van der Waals surface area (Å²) in [4.78, 5) is 0. The number of rotatable bonds is 7. The van der Waals surface area contributed by atoms with Gasteiger partial charge in [0.15, 0.2) is 8.32 Å². The standard InChI is InChI=1S/C19H35NOSi2/c1-10-13-20-17-12-11-16(14-18(17)22(5,6)7)15-21-23(8,9)19(2,3)4/h10-12,14,20H,1,13,15H2,2-9H3. The van der Waals surface area contributed by atoms with Crippen LogP contribution in [0.25, 0.3) is 0 Å². The van der Waals surface area contributed by atoms with Gasteiger partial charge in [-0.3, -0.25) is 0 Å². The Morgan fingerprint density at radius 2 is 1.74 bits per heavy atom. The first kappa shape index (κ1) is 20.2. The quantitative estimate of drug-likeness (QED) is 0.529. The maximum Gasteiger partial charge on any atom is 0.192 e. The number of benzene rings is 1. The average molecular weight is 350 g/mol. The number of hydrogen-bond donors (Lipinski definition) is 1. The van der Waals surface area contributed by atoms with E-state index >= 15 is 0 Å². The van der Waals surface area contributed by atoms with Crippen molar-refractivity contribution in [2.24, 2.45) is 0 Å². The molecule has 0 atom stereocenters. The van der Waals surface area contributed by atoms with Crippen LogP contribution in [0.1, 0.15) is 26.3 Å². The van der Waals surface area contributed by atoms with Gasteiger partial charge < -0.3 is 9.74 Å². The van der Waals surface area contributed by atoms with Crippen LogP contribution in [0.2, 0.25) is 37.8 Å². The number of nitrogens with one attached hydrogen (secondary N) is 1. The van der Waals surface area contributed by atoms with E-state index in [0.717, 1.165) is 13.2 Å². The Bertz CT molecular complexity index is 539. The molecule has 23 heavy (non-hydrogen) atoms. The Morgan fingerprint density at radius 1 is 1.13 bits per heavy atom. The van der Waals surface area contributed by atoms with Gasteiger partial charge in [-0.15, -0.1) is 6.58 Å². The molecular formula is C19H35NOSi2. The first-order chi connectivity index (χ1) is 10.4. The molecule has 0 unspecified atom stereocenters. The number of hydrogen-bond acceptors (Lipinski definition) is 2. The van der Waals surface area contributed by atoms with Crippen LogP contribution in [-0.4, -0.2) is 22.9 Å². The van der Waals surface area contributed by atoms with Crippen molar-refractivity contribution >= 4 is 27.3 Å². The van der Waals surface area contributed by atoms with E-state index < -0.39 is 16.4 Å². The van der Waals surface area contributed by atoms with Crippen LogP contribution in [-0.2, 0) is 11.0 Å². The Kier molecular flexibility index (Phi) is 6.47. The molecule has 0 radical (unpaired) electrons. The summed E-state index contributed by atoms with van der Waals surface area (Å²) in [5.74, 6) is 0. The van der Waals surface area contributed by atoms with Crippen molar-refractivity contribution in [3.63, 3.8) is 0 Å². The highest BCUT2D eigenvalue weighted by atomic mass is 28.4. The smallest absolute Gasteiger partial charge is 0.192 e. The summed E-state index contributed by atoms with van der Waals surface area (Å²) >= 11 is 0. The van der Waals surface area contributed by atoms with Crippen LogP contribution in [0.3, 0.4) is 0 Å². The van der Waals surface area contributed by atoms with Gasteiger partial charge in [-0.2, -0.15) is 0 Å². The van der Waals surface area contributed by atoms with Gasteiger partial charge in [0, 0.05) is 12.2 Å². The SMILES string of the molecule is C=CCNc1ccc(CO[Si](C)(C)C(C)(C)C)cc1[Si](C)(C)C. The molecule has 1 N–H and O–H groups in total. The van der Waals surface area contributed by atoms with E-state index in [9.17, 15) is 0 Å². The second-order valence-electron chi connectivity index (χ2n) is 8.85. The molecule has 0 aromatic heterocycles. The fourth-order valence-electron chi connectivity index (χ4n) is 2.12. The summed E-state index contributed by atoms with van der Waals surface area (Å²) < 4.78 is 6.39. The first-order valence-corrected chi connectivity index (χ1v) is 14.9. The topological polar surface area (TPSA) is 21.3 Å². The zero-order chi connectivity index (χ0) is 17.9. The lowest BCUT2D eigenvalue weighted by Crippen LogP contribution is -2.41. The van der Waals surface area contributed by atoms with E-state index in [-0.39, 0.29) is 5.04 Å². The normalized spacial score (nSPS) is 13.0. The fraction of sp³-hybridized carbons (Fsp3) is 0.579. The molecule has 4 heteroatoms. The lowest BCUT2D eigenvalue weighted by Gasteiger charge is -2.36. The van der Waals surface area contributed by atoms with Gasteiger partial charge in [-0.05, 0) is 34.9 Å². The molecule has 1 aromatic rings. The minimum Gasteiger partial charge on any atom is -0.413 e. The Hall–Kier alpha value is -0.846. The molecule has 0 spiro atoms. The third-order valence-electron chi connectivity index (χ3n) is 4.73. The minimum absolute atomic E-state index is 0.250. The third kappa shape index (κ3) is 5.62. The van der Waals surface area contributed by atoms with Gasteiger partial charge in [0.05, 0.1) is 14.7 Å². The van der Waals surface area contributed by atoms with Crippen molar-refractivity contribution in [3.8, 4) is 0 Å². The maximum atomic E-state index is 6.39. The van der Waals surface area contributed by atoms with E-state index in [1.165, 1.54) is 16.4 Å². The van der Waals surface area contributed by atoms with Crippen LogP contribution in [0.5, 0.6) is 0 Å². The molecule has 1 aromatic carbocycles. The van der Waals surface area contributed by atoms with Gasteiger partial charge in [0.25, 0.3) is 0 Å². The summed E-state index contributed by atoms with van der Waals surface area (Å²) in [7, 11) is -3.11. The van der Waals surface area contributed by atoms with Crippen molar-refractivity contribution in [2.45, 2.75) is 65.2 Å². The van der Waals surface area contributed by atoms with Crippen molar-refractivity contribution in [2.75, 3.05) is 11.9 Å². The predicted molar refractivity (Wildman–Crippen MR) is 110 cm³/mol. The second kappa shape index (κ2) is 7.37. The highest BCUT2D eigenvalue weighted by molar-refractivity contribution is 6.89. The molecule has 0 heterocycles. The van der Waals surface area contributed by atoms with Crippen LogP contribution < -0.4 is 10.5 Å². The van der Waals surface area contributed by atoms with Crippen LogP contribution >= 0.6 is 0 Å². The molecule has 2 nitrogen and oxygen atoms in total. The summed E-state index contributed by atoms with van der Waals surface area (Å²) in [6.07, 6.45) is 1.91.